The van der Waals surface area contributed by atoms with Crippen LogP contribution in [0.15, 0.2) is 60.9 Å². The maximum Gasteiger partial charge on any atom is 0.233 e. The fourth-order valence-corrected chi connectivity index (χ4v) is 5.76. The van der Waals surface area contributed by atoms with Gasteiger partial charge < -0.3 is 9.64 Å². The molecule has 3 aromatic rings. The van der Waals surface area contributed by atoms with Gasteiger partial charge in [0.05, 0.1) is 5.41 Å². The summed E-state index contributed by atoms with van der Waals surface area (Å²) in [6.45, 7) is 5.15. The Morgan fingerprint density at radius 3 is 2.79 bits per heavy atom. The number of hydrogen-bond acceptors (Lipinski definition) is 3. The lowest BCUT2D eigenvalue weighted by Crippen LogP contribution is -2.50. The molecule has 0 N–H and O–H groups in total. The number of rotatable bonds is 4. The third-order valence-corrected chi connectivity index (χ3v) is 7.69. The van der Waals surface area contributed by atoms with Crippen LogP contribution in [0.1, 0.15) is 48.8 Å². The molecule has 172 valence electrons. The van der Waals surface area contributed by atoms with Crippen LogP contribution in [0.2, 0.25) is 0 Å². The molecule has 0 bridgehead atoms. The lowest BCUT2D eigenvalue weighted by atomic mass is 9.72. The number of amides is 1. The van der Waals surface area contributed by atoms with Crippen LogP contribution in [0.3, 0.4) is 0 Å². The summed E-state index contributed by atoms with van der Waals surface area (Å²) in [6.07, 6.45) is 9.74. The van der Waals surface area contributed by atoms with Crippen LogP contribution >= 0.6 is 0 Å². The van der Waals surface area contributed by atoms with Crippen molar-refractivity contribution in [3.05, 3.63) is 77.6 Å². The lowest BCUT2D eigenvalue weighted by molar-refractivity contribution is -0.141. The molecule has 2 aliphatic heterocycles. The summed E-state index contributed by atoms with van der Waals surface area (Å²) in [4.78, 5) is 20.5. The van der Waals surface area contributed by atoms with Crippen molar-refractivity contribution < 1.29 is 9.53 Å². The molecule has 1 atom stereocenters. The number of likely N-dealkylation sites (tertiary alicyclic amines) is 1. The number of nitrogens with zero attached hydrogens (tertiary/aromatic N) is 2. The van der Waals surface area contributed by atoms with E-state index in [-0.39, 0.29) is 0 Å². The standard InChI is InChI=1S/C29H34N2O2/c1-22-4-2-6-27(18-22)29(11-16-33-17-12-29)28(32)31-14-3-5-23(10-15-31)19-24-7-8-25-9-13-30-21-26(25)20-24/h2,4,6-9,13,18,20-21,23H,3,5,10-12,14-17,19H2,1H3/t23-/m1/s1. The van der Waals surface area contributed by atoms with E-state index in [2.05, 4.69) is 65.3 Å². The topological polar surface area (TPSA) is 42.4 Å². The zero-order valence-electron chi connectivity index (χ0n) is 19.6. The molecule has 0 aliphatic carbocycles. The predicted molar refractivity (Wildman–Crippen MR) is 132 cm³/mol. The van der Waals surface area contributed by atoms with Gasteiger partial charge in [-0.05, 0) is 80.0 Å². The molecule has 0 unspecified atom stereocenters. The quantitative estimate of drug-likeness (QED) is 0.539. The van der Waals surface area contributed by atoms with Crippen molar-refractivity contribution in [1.29, 1.82) is 0 Å². The van der Waals surface area contributed by atoms with E-state index in [1.54, 1.807) is 0 Å². The molecule has 2 fully saturated rings. The highest BCUT2D eigenvalue weighted by Gasteiger charge is 2.44. The molecule has 1 amide bonds. The third kappa shape index (κ3) is 4.67. The van der Waals surface area contributed by atoms with Crippen molar-refractivity contribution in [2.45, 2.75) is 50.9 Å². The number of aryl methyl sites for hydroxylation is 1. The molecule has 0 saturated carbocycles. The molecule has 2 aromatic carbocycles. The molecule has 33 heavy (non-hydrogen) atoms. The van der Waals surface area contributed by atoms with Gasteiger partial charge >= 0.3 is 0 Å². The van der Waals surface area contributed by atoms with E-state index in [0.29, 0.717) is 25.0 Å². The van der Waals surface area contributed by atoms with Gasteiger partial charge in [0.15, 0.2) is 0 Å². The fraction of sp³-hybridized carbons (Fsp3) is 0.448. The smallest absolute Gasteiger partial charge is 0.233 e. The van der Waals surface area contributed by atoms with E-state index in [1.807, 2.05) is 12.4 Å². The normalized spacial score (nSPS) is 21.0. The minimum Gasteiger partial charge on any atom is -0.381 e. The molecule has 4 heteroatoms. The van der Waals surface area contributed by atoms with Crippen LogP contribution in [0.5, 0.6) is 0 Å². The summed E-state index contributed by atoms with van der Waals surface area (Å²) in [5.41, 5.74) is 3.32. The Labute approximate surface area is 197 Å². The molecule has 0 spiro atoms. The van der Waals surface area contributed by atoms with Gasteiger partial charge in [-0.1, -0.05) is 42.0 Å². The van der Waals surface area contributed by atoms with Gasteiger partial charge in [0.2, 0.25) is 5.91 Å². The van der Waals surface area contributed by atoms with Gasteiger partial charge in [0.25, 0.3) is 0 Å². The van der Waals surface area contributed by atoms with Crippen molar-refractivity contribution in [2.75, 3.05) is 26.3 Å². The number of benzene rings is 2. The number of aromatic nitrogens is 1. The Hall–Kier alpha value is -2.72. The maximum absolute atomic E-state index is 14.0. The summed E-state index contributed by atoms with van der Waals surface area (Å²) in [6, 6.07) is 17.4. The second-order valence-electron chi connectivity index (χ2n) is 9.91. The number of hydrogen-bond donors (Lipinski definition) is 0. The Morgan fingerprint density at radius 2 is 1.94 bits per heavy atom. The van der Waals surface area contributed by atoms with Crippen molar-refractivity contribution in [3.8, 4) is 0 Å². The average Bonchev–Trinajstić information content (AvgIpc) is 3.09. The van der Waals surface area contributed by atoms with Crippen LogP contribution in [-0.4, -0.2) is 42.1 Å². The summed E-state index contributed by atoms with van der Waals surface area (Å²) >= 11 is 0. The van der Waals surface area contributed by atoms with E-state index < -0.39 is 5.41 Å². The molecular formula is C29H34N2O2. The zero-order valence-corrected chi connectivity index (χ0v) is 19.6. The highest BCUT2D eigenvalue weighted by molar-refractivity contribution is 5.88. The third-order valence-electron chi connectivity index (χ3n) is 7.69. The molecule has 4 nitrogen and oxygen atoms in total. The molecular weight excluding hydrogens is 408 g/mol. The number of ether oxygens (including phenoxy) is 1. The summed E-state index contributed by atoms with van der Waals surface area (Å²) < 4.78 is 5.68. The summed E-state index contributed by atoms with van der Waals surface area (Å²) in [5, 5.41) is 2.45. The highest BCUT2D eigenvalue weighted by Crippen LogP contribution is 2.38. The van der Waals surface area contributed by atoms with Crippen LogP contribution < -0.4 is 0 Å². The monoisotopic (exact) mass is 442 g/mol. The number of pyridine rings is 1. The molecule has 5 rings (SSSR count). The van der Waals surface area contributed by atoms with Crippen LogP contribution in [0, 0.1) is 12.8 Å². The van der Waals surface area contributed by atoms with Gasteiger partial charge in [-0.3, -0.25) is 9.78 Å². The molecule has 1 aromatic heterocycles. The predicted octanol–water partition coefficient (Wildman–Crippen LogP) is 5.46. The second kappa shape index (κ2) is 9.64. The largest absolute Gasteiger partial charge is 0.381 e. The molecule has 2 aliphatic rings. The van der Waals surface area contributed by atoms with E-state index in [4.69, 9.17) is 4.74 Å². The van der Waals surface area contributed by atoms with E-state index in [0.717, 1.165) is 45.2 Å². The van der Waals surface area contributed by atoms with Crippen molar-refractivity contribution in [2.24, 2.45) is 5.92 Å². The first-order valence-corrected chi connectivity index (χ1v) is 12.4. The molecule has 2 saturated heterocycles. The minimum atomic E-state index is -0.435. The number of carbonyl (C=O) groups excluding carboxylic acids is 1. The van der Waals surface area contributed by atoms with Crippen LogP contribution in [-0.2, 0) is 21.4 Å². The summed E-state index contributed by atoms with van der Waals surface area (Å²) in [7, 11) is 0. The Kier molecular flexibility index (Phi) is 6.45. The first kappa shape index (κ1) is 22.1. The van der Waals surface area contributed by atoms with Crippen LogP contribution in [0.25, 0.3) is 10.8 Å². The Morgan fingerprint density at radius 1 is 1.06 bits per heavy atom. The first-order valence-electron chi connectivity index (χ1n) is 12.4. The highest BCUT2D eigenvalue weighted by atomic mass is 16.5. The van der Waals surface area contributed by atoms with Gasteiger partial charge in [0.1, 0.15) is 0 Å². The maximum atomic E-state index is 14.0. The van der Waals surface area contributed by atoms with Crippen LogP contribution in [0.4, 0.5) is 0 Å². The fourth-order valence-electron chi connectivity index (χ4n) is 5.76. The second-order valence-corrected chi connectivity index (χ2v) is 9.91. The van der Waals surface area contributed by atoms with Crippen molar-refractivity contribution in [3.63, 3.8) is 0 Å². The Bertz CT molecular complexity index is 1120. The SMILES string of the molecule is Cc1cccc(C2(C(=O)N3CCC[C@@H](Cc4ccc5ccncc5c4)CC3)CCOCC2)c1. The van der Waals surface area contributed by atoms with E-state index in [1.165, 1.54) is 33.9 Å². The lowest BCUT2D eigenvalue weighted by Gasteiger charge is -2.40. The van der Waals surface area contributed by atoms with Gasteiger partial charge in [-0.15, -0.1) is 0 Å². The van der Waals surface area contributed by atoms with Gasteiger partial charge in [-0.25, -0.2) is 0 Å². The molecule has 3 heterocycles. The molecule has 0 radical (unpaired) electrons. The van der Waals surface area contributed by atoms with E-state index in [9.17, 15) is 4.79 Å². The minimum absolute atomic E-state index is 0.314. The first-order chi connectivity index (χ1) is 16.1. The average molecular weight is 443 g/mol. The van der Waals surface area contributed by atoms with Crippen molar-refractivity contribution >= 4 is 16.7 Å². The summed E-state index contributed by atoms with van der Waals surface area (Å²) in [5.74, 6) is 0.926. The van der Waals surface area contributed by atoms with Gasteiger partial charge in [0, 0.05) is 44.1 Å². The van der Waals surface area contributed by atoms with E-state index >= 15 is 0 Å². The van der Waals surface area contributed by atoms with Gasteiger partial charge in [-0.2, -0.15) is 0 Å². The zero-order chi connectivity index (χ0) is 22.7. The number of fused-ring (bicyclic) bond motifs is 1. The number of carbonyl (C=O) groups is 1. The Balaban J connectivity index is 1.30. The van der Waals surface area contributed by atoms with Crippen molar-refractivity contribution in [1.82, 2.24) is 9.88 Å².